The average Bonchev–Trinajstić information content (AvgIpc) is 3.10. The van der Waals surface area contributed by atoms with E-state index in [-0.39, 0.29) is 18.7 Å². The van der Waals surface area contributed by atoms with Gasteiger partial charge in [0.15, 0.2) is 31.5 Å². The van der Waals surface area contributed by atoms with Crippen LogP contribution < -0.4 is 10.6 Å². The van der Waals surface area contributed by atoms with E-state index in [9.17, 15) is 50.4 Å². The maximum absolute atomic E-state index is 12.0. The summed E-state index contributed by atoms with van der Waals surface area (Å²) in [5.41, 5.74) is 0. The molecule has 21 heteroatoms. The third kappa shape index (κ3) is 10.1. The van der Waals surface area contributed by atoms with Gasteiger partial charge < -0.3 is 94.1 Å². The number of carbonyl (C=O) groups is 2. The van der Waals surface area contributed by atoms with E-state index in [0.29, 0.717) is 0 Å². The molecule has 23 atom stereocenters. The minimum Gasteiger partial charge on any atom is -0.388 e. The number of hydrogen-bond donors (Lipinski definition) is 10. The third-order valence-corrected chi connectivity index (χ3v) is 10.7. The first-order valence-electron chi connectivity index (χ1n) is 18.6. The third-order valence-electron chi connectivity index (χ3n) is 10.7. The van der Waals surface area contributed by atoms with Gasteiger partial charge in [0, 0.05) is 26.7 Å². The van der Waals surface area contributed by atoms with Crippen molar-refractivity contribution in [1.29, 1.82) is 0 Å². The van der Waals surface area contributed by atoms with Gasteiger partial charge >= 0.3 is 0 Å². The van der Waals surface area contributed by atoms with Crippen LogP contribution in [0.2, 0.25) is 0 Å². The molecule has 318 valence electrons. The van der Waals surface area contributed by atoms with Gasteiger partial charge in [-0.1, -0.05) is 0 Å². The molecule has 5 saturated heterocycles. The maximum atomic E-state index is 12.0. The van der Waals surface area contributed by atoms with Crippen molar-refractivity contribution in [2.45, 2.75) is 203 Å². The zero-order chi connectivity index (χ0) is 40.6. The number of amides is 2. The monoisotopic (exact) mass is 798 g/mol. The summed E-state index contributed by atoms with van der Waals surface area (Å²) in [5.74, 6) is -0.806. The largest absolute Gasteiger partial charge is 0.388 e. The first-order chi connectivity index (χ1) is 25.8. The molecule has 0 aromatic rings. The van der Waals surface area contributed by atoms with E-state index >= 15 is 0 Å². The van der Waals surface area contributed by atoms with Crippen molar-refractivity contribution in [3.8, 4) is 0 Å². The lowest BCUT2D eigenvalue weighted by molar-refractivity contribution is -0.396. The Hall–Kier alpha value is -1.74. The van der Waals surface area contributed by atoms with Crippen molar-refractivity contribution < 1.29 is 93.1 Å². The Balaban J connectivity index is 1.41. The minimum atomic E-state index is -1.79. The number of hydrogen-bond acceptors (Lipinski definition) is 19. The second-order valence-electron chi connectivity index (χ2n) is 15.1. The van der Waals surface area contributed by atoms with Crippen LogP contribution in [0.25, 0.3) is 0 Å². The fourth-order valence-corrected chi connectivity index (χ4v) is 7.62. The van der Waals surface area contributed by atoms with Gasteiger partial charge in [0.2, 0.25) is 11.8 Å². The highest BCUT2D eigenvalue weighted by atomic mass is 16.8. The first-order valence-corrected chi connectivity index (χ1v) is 18.6. The smallest absolute Gasteiger partial charge is 0.217 e. The van der Waals surface area contributed by atoms with E-state index in [1.54, 1.807) is 13.8 Å². The van der Waals surface area contributed by atoms with Gasteiger partial charge in [-0.3, -0.25) is 9.59 Å². The molecule has 0 radical (unpaired) electrons. The zero-order valence-electron chi connectivity index (χ0n) is 31.8. The Morgan fingerprint density at radius 2 is 0.891 bits per heavy atom. The fraction of sp³-hybridized carbons (Fsp3) is 0.941. The fourth-order valence-electron chi connectivity index (χ4n) is 7.62. The molecular weight excluding hydrogens is 740 g/mol. The number of ether oxygens (including phenoxy) is 9. The molecule has 5 heterocycles. The predicted octanol–water partition coefficient (Wildman–Crippen LogP) is -4.44. The zero-order valence-corrected chi connectivity index (χ0v) is 31.8. The van der Waals surface area contributed by atoms with Crippen LogP contribution >= 0.6 is 0 Å². The highest BCUT2D eigenvalue weighted by molar-refractivity contribution is 5.73. The SMILES string of the molecule is CC(=O)NC1C[C@H](O[C@@H]2[C@@H](O)[C@H](O[C@H]3[C@H](O[C@H]4CC(NC(C)=O)[C@H](O)[C@@H](C)O4)[C@@H](O[C@H]4O[C@H](C)[C@@H](O)[C@H](O)[C@H]4O)[C@H](O)O[C@@H]3C)O[C@H](C)[C@H]2O)O[C@H](C)[C@H]1O. The van der Waals surface area contributed by atoms with Crippen LogP contribution in [0, 0.1) is 0 Å². The van der Waals surface area contributed by atoms with E-state index in [1.807, 2.05) is 0 Å². The van der Waals surface area contributed by atoms with Crippen LogP contribution in [0.5, 0.6) is 0 Å². The summed E-state index contributed by atoms with van der Waals surface area (Å²) < 4.78 is 53.8. The average molecular weight is 799 g/mol. The van der Waals surface area contributed by atoms with Crippen molar-refractivity contribution in [2.75, 3.05) is 0 Å². The molecule has 21 nitrogen and oxygen atoms in total. The molecule has 5 rings (SSSR count). The number of aliphatic hydroxyl groups excluding tert-OH is 8. The molecule has 55 heavy (non-hydrogen) atoms. The van der Waals surface area contributed by atoms with Crippen LogP contribution in [0.1, 0.15) is 61.3 Å². The van der Waals surface area contributed by atoms with Gasteiger partial charge in [-0.25, -0.2) is 0 Å². The van der Waals surface area contributed by atoms with Gasteiger partial charge in [0.1, 0.15) is 67.1 Å². The number of nitrogens with one attached hydrogen (secondary N) is 2. The first kappa shape index (κ1) is 44.4. The number of rotatable bonds is 10. The summed E-state index contributed by atoms with van der Waals surface area (Å²) in [6.07, 6.45) is -27.9. The number of aliphatic hydroxyl groups is 8. The van der Waals surface area contributed by atoms with Crippen molar-refractivity contribution >= 4 is 11.8 Å². The van der Waals surface area contributed by atoms with E-state index < -0.39 is 147 Å². The van der Waals surface area contributed by atoms with Crippen LogP contribution in [-0.4, -0.2) is 194 Å². The maximum Gasteiger partial charge on any atom is 0.217 e. The van der Waals surface area contributed by atoms with Crippen LogP contribution in [0.15, 0.2) is 0 Å². The van der Waals surface area contributed by atoms with Gasteiger partial charge in [0.25, 0.3) is 0 Å². The van der Waals surface area contributed by atoms with Crippen molar-refractivity contribution in [3.05, 3.63) is 0 Å². The lowest BCUT2D eigenvalue weighted by Crippen LogP contribution is -2.67. The Kier molecular flexibility index (Phi) is 14.9. The van der Waals surface area contributed by atoms with Gasteiger partial charge in [-0.2, -0.15) is 0 Å². The van der Waals surface area contributed by atoms with Crippen molar-refractivity contribution in [2.24, 2.45) is 0 Å². The van der Waals surface area contributed by atoms with Crippen LogP contribution in [0.4, 0.5) is 0 Å². The second-order valence-corrected chi connectivity index (χ2v) is 15.1. The molecule has 0 saturated carbocycles. The number of carbonyl (C=O) groups excluding carboxylic acids is 2. The molecule has 5 aliphatic rings. The molecule has 5 aliphatic heterocycles. The molecule has 2 amide bonds. The lowest BCUT2D eigenvalue weighted by atomic mass is 9.95. The summed E-state index contributed by atoms with van der Waals surface area (Å²) in [4.78, 5) is 23.7. The van der Waals surface area contributed by atoms with Gasteiger partial charge in [-0.05, 0) is 34.6 Å². The quantitative estimate of drug-likeness (QED) is 0.0997. The summed E-state index contributed by atoms with van der Waals surface area (Å²) >= 11 is 0. The van der Waals surface area contributed by atoms with E-state index in [1.165, 1.54) is 34.6 Å². The minimum absolute atomic E-state index is 0.0183. The standard InChI is InChI=1S/C34H58N2O19/c1-10-21(39)17(35-15(6)37)8-19(47-10)52-29-24(42)13(4)51-34(27(29)45)54-28-14(5)49-32(46)31(55-33-26(44)25(43)23(41)12(3)50-33)30(28)53-20-9-18(36-16(7)38)22(40)11(2)48-20/h10-14,17-34,39-46H,8-9H2,1-7H3,(H,35,37)(H,36,38)/t10-,11-,12-,13-,14-,17?,18?,19+,20+,21-,22-,23-,24-,25+,26-,27-,28-,29+,30+,31-,32-,33-,34+/m1/s1. The Bertz CT molecular complexity index is 1290. The summed E-state index contributed by atoms with van der Waals surface area (Å²) in [6, 6.07) is -1.56. The lowest BCUT2D eigenvalue weighted by Gasteiger charge is -2.50. The van der Waals surface area contributed by atoms with Crippen molar-refractivity contribution in [1.82, 2.24) is 10.6 Å². The highest BCUT2D eigenvalue weighted by Gasteiger charge is 2.55. The topological polar surface area (TPSA) is 303 Å². The predicted molar refractivity (Wildman–Crippen MR) is 180 cm³/mol. The van der Waals surface area contributed by atoms with E-state index in [0.717, 1.165) is 0 Å². The Morgan fingerprint density at radius 3 is 1.40 bits per heavy atom. The molecule has 2 unspecified atom stereocenters. The second kappa shape index (κ2) is 18.5. The van der Waals surface area contributed by atoms with E-state index in [4.69, 9.17) is 42.6 Å². The van der Waals surface area contributed by atoms with Gasteiger partial charge in [-0.15, -0.1) is 0 Å². The van der Waals surface area contributed by atoms with Crippen molar-refractivity contribution in [3.63, 3.8) is 0 Å². The summed E-state index contributed by atoms with van der Waals surface area (Å²) in [7, 11) is 0. The molecule has 0 spiro atoms. The highest BCUT2D eigenvalue weighted by Crippen LogP contribution is 2.36. The molecule has 10 N–H and O–H groups in total. The summed E-state index contributed by atoms with van der Waals surface area (Å²) in [6.45, 7) is 10.2. The van der Waals surface area contributed by atoms with E-state index in [2.05, 4.69) is 10.6 Å². The molecule has 0 aromatic heterocycles. The Labute approximate surface area is 318 Å². The molecule has 0 aromatic carbocycles. The molecule has 0 aliphatic carbocycles. The van der Waals surface area contributed by atoms with Crippen LogP contribution in [-0.2, 0) is 52.2 Å². The molecule has 5 fully saturated rings. The summed E-state index contributed by atoms with van der Waals surface area (Å²) in [5, 5.41) is 92.0. The Morgan fingerprint density at radius 1 is 0.455 bits per heavy atom. The molecule has 0 bridgehead atoms. The normalized spacial score (nSPS) is 50.9. The van der Waals surface area contributed by atoms with Crippen LogP contribution in [0.3, 0.4) is 0 Å². The molecular formula is C34H58N2O19. The van der Waals surface area contributed by atoms with Gasteiger partial charge in [0.05, 0.1) is 42.6 Å².